The van der Waals surface area contributed by atoms with E-state index in [-0.39, 0.29) is 18.0 Å². The quantitative estimate of drug-likeness (QED) is 0.918. The van der Waals surface area contributed by atoms with Crippen molar-refractivity contribution in [2.24, 2.45) is 0 Å². The molecule has 112 valence electrons. The molecule has 1 aromatic carbocycles. The SMILES string of the molecule is O=C1CCN(C2CCN(Cc3ccccc3)CC2)C(=O)N1. The largest absolute Gasteiger partial charge is 0.324 e. The fraction of sp³-hybridized carbons (Fsp3) is 0.500. The van der Waals surface area contributed by atoms with Crippen molar-refractivity contribution in [1.29, 1.82) is 0 Å². The van der Waals surface area contributed by atoms with Crippen molar-refractivity contribution in [1.82, 2.24) is 15.1 Å². The van der Waals surface area contributed by atoms with Gasteiger partial charge in [-0.15, -0.1) is 0 Å². The van der Waals surface area contributed by atoms with E-state index in [2.05, 4.69) is 34.5 Å². The second kappa shape index (κ2) is 6.26. The van der Waals surface area contributed by atoms with Crippen molar-refractivity contribution in [2.45, 2.75) is 31.8 Å². The first kappa shape index (κ1) is 14.1. The van der Waals surface area contributed by atoms with E-state index in [1.165, 1.54) is 5.56 Å². The van der Waals surface area contributed by atoms with Gasteiger partial charge < -0.3 is 4.90 Å². The molecule has 21 heavy (non-hydrogen) atoms. The van der Waals surface area contributed by atoms with Crippen molar-refractivity contribution in [2.75, 3.05) is 19.6 Å². The van der Waals surface area contributed by atoms with Gasteiger partial charge in [0.25, 0.3) is 0 Å². The number of imide groups is 1. The lowest BCUT2D eigenvalue weighted by atomic mass is 10.0. The summed E-state index contributed by atoms with van der Waals surface area (Å²) in [7, 11) is 0. The van der Waals surface area contributed by atoms with Gasteiger partial charge in [-0.1, -0.05) is 30.3 Å². The summed E-state index contributed by atoms with van der Waals surface area (Å²) < 4.78 is 0. The molecule has 3 amide bonds. The highest BCUT2D eigenvalue weighted by molar-refractivity contribution is 5.96. The predicted molar refractivity (Wildman–Crippen MR) is 79.6 cm³/mol. The fourth-order valence-corrected chi connectivity index (χ4v) is 3.16. The summed E-state index contributed by atoms with van der Waals surface area (Å²) in [6, 6.07) is 10.5. The lowest BCUT2D eigenvalue weighted by Gasteiger charge is -2.39. The maximum atomic E-state index is 11.9. The summed E-state index contributed by atoms with van der Waals surface area (Å²) in [6.45, 7) is 3.53. The van der Waals surface area contributed by atoms with Crippen LogP contribution in [0.4, 0.5) is 4.79 Å². The minimum atomic E-state index is -0.215. The maximum absolute atomic E-state index is 11.9. The van der Waals surface area contributed by atoms with Crippen molar-refractivity contribution in [3.8, 4) is 0 Å². The van der Waals surface area contributed by atoms with Crippen LogP contribution in [-0.2, 0) is 11.3 Å². The zero-order valence-corrected chi connectivity index (χ0v) is 12.1. The fourth-order valence-electron chi connectivity index (χ4n) is 3.16. The highest BCUT2D eigenvalue weighted by atomic mass is 16.2. The third-order valence-corrected chi connectivity index (χ3v) is 4.33. The van der Waals surface area contributed by atoms with Crippen molar-refractivity contribution in [3.05, 3.63) is 35.9 Å². The summed E-state index contributed by atoms with van der Waals surface area (Å²) in [5.41, 5.74) is 1.33. The second-order valence-corrected chi connectivity index (χ2v) is 5.79. The van der Waals surface area contributed by atoms with Crippen LogP contribution in [0.1, 0.15) is 24.8 Å². The van der Waals surface area contributed by atoms with Crippen LogP contribution < -0.4 is 5.32 Å². The molecule has 2 saturated heterocycles. The molecule has 0 unspecified atom stereocenters. The number of carbonyl (C=O) groups excluding carboxylic acids is 2. The Morgan fingerprint density at radius 1 is 1.05 bits per heavy atom. The van der Waals surface area contributed by atoms with E-state index in [1.807, 2.05) is 11.0 Å². The van der Waals surface area contributed by atoms with Gasteiger partial charge in [0.2, 0.25) is 5.91 Å². The molecule has 2 aliphatic heterocycles. The predicted octanol–water partition coefficient (Wildman–Crippen LogP) is 1.59. The third-order valence-electron chi connectivity index (χ3n) is 4.33. The van der Waals surface area contributed by atoms with Gasteiger partial charge >= 0.3 is 6.03 Å². The monoisotopic (exact) mass is 287 g/mol. The molecule has 0 radical (unpaired) electrons. The van der Waals surface area contributed by atoms with Crippen LogP contribution in [-0.4, -0.2) is 47.4 Å². The standard InChI is InChI=1S/C16H21N3O2/c20-15-8-11-19(16(21)17-15)14-6-9-18(10-7-14)12-13-4-2-1-3-5-13/h1-5,14H,6-12H2,(H,17,20,21). The Hall–Kier alpha value is -1.88. The smallest absolute Gasteiger partial charge is 0.321 e. The van der Waals surface area contributed by atoms with E-state index in [1.54, 1.807) is 0 Å². The average Bonchev–Trinajstić information content (AvgIpc) is 2.49. The number of nitrogens with zero attached hydrogens (tertiary/aromatic N) is 2. The first-order valence-electron chi connectivity index (χ1n) is 7.59. The van der Waals surface area contributed by atoms with E-state index in [4.69, 9.17) is 0 Å². The molecule has 0 aliphatic carbocycles. The van der Waals surface area contributed by atoms with E-state index in [0.717, 1.165) is 32.5 Å². The normalized spacial score (nSPS) is 21.4. The van der Waals surface area contributed by atoms with Crippen LogP contribution in [0, 0.1) is 0 Å². The molecule has 1 aromatic rings. The molecule has 5 heteroatoms. The number of hydrogen-bond donors (Lipinski definition) is 1. The highest BCUT2D eigenvalue weighted by Crippen LogP contribution is 2.20. The lowest BCUT2D eigenvalue weighted by molar-refractivity contribution is -0.121. The number of benzene rings is 1. The summed E-state index contributed by atoms with van der Waals surface area (Å²) in [6.07, 6.45) is 2.39. The van der Waals surface area contributed by atoms with E-state index in [9.17, 15) is 9.59 Å². The maximum Gasteiger partial charge on any atom is 0.324 e. The van der Waals surface area contributed by atoms with Gasteiger partial charge in [0.1, 0.15) is 0 Å². The summed E-state index contributed by atoms with van der Waals surface area (Å²) in [5, 5.41) is 2.41. The summed E-state index contributed by atoms with van der Waals surface area (Å²) in [4.78, 5) is 27.3. The van der Waals surface area contributed by atoms with Gasteiger partial charge in [-0.05, 0) is 18.4 Å². The van der Waals surface area contributed by atoms with Crippen LogP contribution in [0.5, 0.6) is 0 Å². The number of nitrogens with one attached hydrogen (secondary N) is 1. The van der Waals surface area contributed by atoms with E-state index in [0.29, 0.717) is 13.0 Å². The molecule has 0 saturated carbocycles. The summed E-state index contributed by atoms with van der Waals surface area (Å²) >= 11 is 0. The Labute approximate surface area is 124 Å². The van der Waals surface area contributed by atoms with Gasteiger partial charge in [0, 0.05) is 38.6 Å². The Kier molecular flexibility index (Phi) is 4.20. The minimum absolute atomic E-state index is 0.155. The molecule has 2 fully saturated rings. The minimum Gasteiger partial charge on any atom is -0.321 e. The zero-order valence-electron chi connectivity index (χ0n) is 12.1. The molecule has 0 aromatic heterocycles. The molecule has 5 nitrogen and oxygen atoms in total. The third kappa shape index (κ3) is 3.42. The van der Waals surface area contributed by atoms with Crippen LogP contribution >= 0.6 is 0 Å². The Bertz CT molecular complexity index is 510. The number of carbonyl (C=O) groups is 2. The molecule has 0 spiro atoms. The van der Waals surface area contributed by atoms with Gasteiger partial charge in [-0.2, -0.15) is 0 Å². The van der Waals surface area contributed by atoms with Crippen molar-refractivity contribution in [3.63, 3.8) is 0 Å². The summed E-state index contributed by atoms with van der Waals surface area (Å²) in [5.74, 6) is -0.155. The molecular formula is C16H21N3O2. The number of amides is 3. The zero-order chi connectivity index (χ0) is 14.7. The molecule has 0 atom stereocenters. The topological polar surface area (TPSA) is 52.7 Å². The Morgan fingerprint density at radius 2 is 1.76 bits per heavy atom. The van der Waals surface area contributed by atoms with E-state index >= 15 is 0 Å². The van der Waals surface area contributed by atoms with Gasteiger partial charge in [0.15, 0.2) is 0 Å². The average molecular weight is 287 g/mol. The molecule has 2 heterocycles. The number of rotatable bonds is 3. The van der Waals surface area contributed by atoms with Crippen LogP contribution in [0.2, 0.25) is 0 Å². The number of likely N-dealkylation sites (tertiary alicyclic amines) is 1. The van der Waals surface area contributed by atoms with Crippen LogP contribution in [0.25, 0.3) is 0 Å². The first-order chi connectivity index (χ1) is 10.2. The lowest BCUT2D eigenvalue weighted by Crippen LogP contribution is -2.55. The molecule has 3 rings (SSSR count). The second-order valence-electron chi connectivity index (χ2n) is 5.79. The van der Waals surface area contributed by atoms with Crippen molar-refractivity contribution >= 4 is 11.9 Å². The highest BCUT2D eigenvalue weighted by Gasteiger charge is 2.31. The van der Waals surface area contributed by atoms with Crippen LogP contribution in [0.15, 0.2) is 30.3 Å². The Morgan fingerprint density at radius 3 is 2.43 bits per heavy atom. The van der Waals surface area contributed by atoms with Gasteiger partial charge in [-0.3, -0.25) is 15.0 Å². The molecule has 2 aliphatic rings. The first-order valence-corrected chi connectivity index (χ1v) is 7.59. The number of hydrogen-bond acceptors (Lipinski definition) is 3. The molecule has 1 N–H and O–H groups in total. The van der Waals surface area contributed by atoms with Crippen molar-refractivity contribution < 1.29 is 9.59 Å². The van der Waals surface area contributed by atoms with E-state index < -0.39 is 0 Å². The Balaban J connectivity index is 1.51. The number of piperidine rings is 1. The van der Waals surface area contributed by atoms with Gasteiger partial charge in [-0.25, -0.2) is 4.79 Å². The number of urea groups is 1. The van der Waals surface area contributed by atoms with Gasteiger partial charge in [0.05, 0.1) is 0 Å². The molecule has 0 bridgehead atoms. The molecular weight excluding hydrogens is 266 g/mol. The van der Waals surface area contributed by atoms with Crippen LogP contribution in [0.3, 0.4) is 0 Å².